The number of halogens is 1. The van der Waals surface area contributed by atoms with E-state index in [2.05, 4.69) is 5.32 Å². The quantitative estimate of drug-likeness (QED) is 0.832. The Bertz CT molecular complexity index is 474. The predicted octanol–water partition coefficient (Wildman–Crippen LogP) is 2.51. The summed E-state index contributed by atoms with van der Waals surface area (Å²) in [6.45, 7) is 3.43. The van der Waals surface area contributed by atoms with Crippen molar-refractivity contribution in [1.82, 2.24) is 5.32 Å². The molecule has 0 aliphatic heterocycles. The van der Waals surface area contributed by atoms with E-state index in [1.54, 1.807) is 26.0 Å². The lowest BCUT2D eigenvalue weighted by atomic mass is 10.1. The van der Waals surface area contributed by atoms with E-state index in [0.717, 1.165) is 0 Å². The number of aryl methyl sites for hydroxylation is 1. The lowest BCUT2D eigenvalue weighted by Crippen LogP contribution is -2.32. The van der Waals surface area contributed by atoms with Crippen LogP contribution in [0.3, 0.4) is 0 Å². The molecule has 1 aromatic rings. The molecule has 0 bridgehead atoms. The molecule has 5 heteroatoms. The average molecular weight is 267 g/mol. The van der Waals surface area contributed by atoms with Gasteiger partial charge < -0.3 is 10.4 Å². The van der Waals surface area contributed by atoms with Crippen molar-refractivity contribution in [2.24, 2.45) is 0 Å². The van der Waals surface area contributed by atoms with Crippen molar-refractivity contribution in [3.63, 3.8) is 0 Å². The Kier molecular flexibility index (Phi) is 5.48. The van der Waals surface area contributed by atoms with E-state index >= 15 is 0 Å². The number of hydrogen-bond acceptors (Lipinski definition) is 2. The van der Waals surface area contributed by atoms with Crippen molar-refractivity contribution in [2.45, 2.75) is 39.2 Å². The molecule has 0 saturated carbocycles. The van der Waals surface area contributed by atoms with E-state index in [1.165, 1.54) is 6.07 Å². The van der Waals surface area contributed by atoms with Gasteiger partial charge in [-0.2, -0.15) is 0 Å². The van der Waals surface area contributed by atoms with Gasteiger partial charge in [0.1, 0.15) is 5.82 Å². The molecule has 1 rings (SSSR count). The van der Waals surface area contributed by atoms with Gasteiger partial charge in [0.2, 0.25) is 0 Å². The lowest BCUT2D eigenvalue weighted by Gasteiger charge is -2.13. The molecule has 19 heavy (non-hydrogen) atoms. The summed E-state index contributed by atoms with van der Waals surface area (Å²) in [4.78, 5) is 22.2. The minimum Gasteiger partial charge on any atom is -0.481 e. The fraction of sp³-hybridized carbons (Fsp3) is 0.429. The van der Waals surface area contributed by atoms with E-state index < -0.39 is 11.8 Å². The maximum Gasteiger partial charge on any atom is 0.303 e. The Labute approximate surface area is 111 Å². The normalized spacial score (nSPS) is 11.9. The molecule has 1 aromatic carbocycles. The number of rotatable bonds is 6. The van der Waals surface area contributed by atoms with Crippen LogP contribution in [-0.2, 0) is 4.79 Å². The Morgan fingerprint density at radius 2 is 2.11 bits per heavy atom. The molecule has 0 spiro atoms. The van der Waals surface area contributed by atoms with Gasteiger partial charge in [-0.05, 0) is 44.4 Å². The van der Waals surface area contributed by atoms with Crippen LogP contribution in [0.5, 0.6) is 0 Å². The average Bonchev–Trinajstić information content (AvgIpc) is 2.32. The molecule has 1 unspecified atom stereocenters. The molecular weight excluding hydrogens is 249 g/mol. The number of carbonyl (C=O) groups is 2. The highest BCUT2D eigenvalue weighted by molar-refractivity contribution is 5.94. The van der Waals surface area contributed by atoms with Gasteiger partial charge in [0.25, 0.3) is 5.91 Å². The second kappa shape index (κ2) is 6.87. The predicted molar refractivity (Wildman–Crippen MR) is 69.6 cm³/mol. The number of amides is 1. The van der Waals surface area contributed by atoms with Gasteiger partial charge in [-0.15, -0.1) is 0 Å². The first-order valence-corrected chi connectivity index (χ1v) is 6.19. The highest BCUT2D eigenvalue weighted by Crippen LogP contribution is 2.10. The Morgan fingerprint density at radius 3 is 2.68 bits per heavy atom. The number of carbonyl (C=O) groups excluding carboxylic acids is 1. The molecular formula is C14H18FNO3. The van der Waals surface area contributed by atoms with Crippen molar-refractivity contribution >= 4 is 11.9 Å². The Hall–Kier alpha value is -1.91. The molecule has 0 fully saturated rings. The van der Waals surface area contributed by atoms with Crippen molar-refractivity contribution in [3.8, 4) is 0 Å². The fourth-order valence-corrected chi connectivity index (χ4v) is 1.67. The zero-order valence-corrected chi connectivity index (χ0v) is 11.1. The second-order valence-corrected chi connectivity index (χ2v) is 4.62. The minimum absolute atomic E-state index is 0.0827. The van der Waals surface area contributed by atoms with Crippen LogP contribution in [0, 0.1) is 12.7 Å². The Balaban J connectivity index is 2.49. The van der Waals surface area contributed by atoms with Crippen LogP contribution in [0.25, 0.3) is 0 Å². The van der Waals surface area contributed by atoms with Crippen molar-refractivity contribution in [3.05, 3.63) is 35.1 Å². The lowest BCUT2D eigenvalue weighted by molar-refractivity contribution is -0.137. The molecule has 0 radical (unpaired) electrons. The van der Waals surface area contributed by atoms with Crippen LogP contribution in [-0.4, -0.2) is 23.0 Å². The van der Waals surface area contributed by atoms with Crippen molar-refractivity contribution < 1.29 is 19.1 Å². The third-order valence-electron chi connectivity index (χ3n) is 2.84. The largest absolute Gasteiger partial charge is 0.481 e. The first-order valence-electron chi connectivity index (χ1n) is 6.19. The van der Waals surface area contributed by atoms with Gasteiger partial charge in [0.05, 0.1) is 0 Å². The topological polar surface area (TPSA) is 66.4 Å². The Morgan fingerprint density at radius 1 is 1.42 bits per heavy atom. The van der Waals surface area contributed by atoms with Crippen LogP contribution in [0.2, 0.25) is 0 Å². The molecule has 0 heterocycles. The van der Waals surface area contributed by atoms with Gasteiger partial charge >= 0.3 is 5.97 Å². The molecule has 0 aromatic heterocycles. The van der Waals surface area contributed by atoms with Crippen LogP contribution in [0.1, 0.15) is 42.1 Å². The van der Waals surface area contributed by atoms with Crippen molar-refractivity contribution in [1.29, 1.82) is 0 Å². The molecule has 0 saturated heterocycles. The summed E-state index contributed by atoms with van der Waals surface area (Å²) < 4.78 is 13.3. The van der Waals surface area contributed by atoms with Crippen LogP contribution in [0.15, 0.2) is 18.2 Å². The molecule has 0 aliphatic carbocycles. The fourth-order valence-electron chi connectivity index (χ4n) is 1.67. The summed E-state index contributed by atoms with van der Waals surface area (Å²) >= 11 is 0. The highest BCUT2D eigenvalue weighted by Gasteiger charge is 2.11. The van der Waals surface area contributed by atoms with Gasteiger partial charge in [-0.3, -0.25) is 9.59 Å². The summed E-state index contributed by atoms with van der Waals surface area (Å²) in [7, 11) is 0. The van der Waals surface area contributed by atoms with Gasteiger partial charge in [0, 0.05) is 18.0 Å². The summed E-state index contributed by atoms with van der Waals surface area (Å²) in [5.41, 5.74) is 0.763. The second-order valence-electron chi connectivity index (χ2n) is 4.62. The first kappa shape index (κ1) is 15.1. The molecule has 4 nitrogen and oxygen atoms in total. The summed E-state index contributed by atoms with van der Waals surface area (Å²) in [5, 5.41) is 11.2. The van der Waals surface area contributed by atoms with Crippen LogP contribution >= 0.6 is 0 Å². The monoisotopic (exact) mass is 267 g/mol. The van der Waals surface area contributed by atoms with Gasteiger partial charge in [-0.1, -0.05) is 6.07 Å². The number of hydrogen-bond donors (Lipinski definition) is 2. The zero-order chi connectivity index (χ0) is 14.4. The molecule has 1 amide bonds. The van der Waals surface area contributed by atoms with Crippen molar-refractivity contribution in [2.75, 3.05) is 0 Å². The number of aliphatic carboxylic acids is 1. The minimum atomic E-state index is -0.848. The zero-order valence-electron chi connectivity index (χ0n) is 11.1. The van der Waals surface area contributed by atoms with E-state index in [4.69, 9.17) is 5.11 Å². The van der Waals surface area contributed by atoms with E-state index in [0.29, 0.717) is 18.4 Å². The number of carboxylic acid groups (broad SMARTS) is 1. The van der Waals surface area contributed by atoms with E-state index in [-0.39, 0.29) is 23.9 Å². The smallest absolute Gasteiger partial charge is 0.303 e. The highest BCUT2D eigenvalue weighted by atomic mass is 19.1. The van der Waals surface area contributed by atoms with Gasteiger partial charge in [0.15, 0.2) is 0 Å². The summed E-state index contributed by atoms with van der Waals surface area (Å²) in [5.74, 6) is -1.60. The molecule has 0 aliphatic rings. The summed E-state index contributed by atoms with van der Waals surface area (Å²) in [6, 6.07) is 4.18. The first-order chi connectivity index (χ1) is 8.90. The standard InChI is InChI=1S/C14H18FNO3/c1-9-6-7-11(8-12(9)15)14(19)16-10(2)4-3-5-13(17)18/h6-8,10H,3-5H2,1-2H3,(H,16,19)(H,17,18). The maximum atomic E-state index is 13.3. The third-order valence-corrected chi connectivity index (χ3v) is 2.84. The molecule has 2 N–H and O–H groups in total. The van der Waals surface area contributed by atoms with Crippen LogP contribution < -0.4 is 5.32 Å². The summed E-state index contributed by atoms with van der Waals surface area (Å²) in [6.07, 6.45) is 1.16. The van der Waals surface area contributed by atoms with E-state index in [1.807, 2.05) is 0 Å². The SMILES string of the molecule is Cc1ccc(C(=O)NC(C)CCCC(=O)O)cc1F. The number of nitrogens with one attached hydrogen (secondary N) is 1. The number of benzene rings is 1. The van der Waals surface area contributed by atoms with Crippen LogP contribution in [0.4, 0.5) is 4.39 Å². The number of carboxylic acids is 1. The third kappa shape index (κ3) is 5.07. The maximum absolute atomic E-state index is 13.3. The molecule has 104 valence electrons. The molecule has 1 atom stereocenters. The van der Waals surface area contributed by atoms with Gasteiger partial charge in [-0.25, -0.2) is 4.39 Å². The van der Waals surface area contributed by atoms with E-state index in [9.17, 15) is 14.0 Å².